The van der Waals surface area contributed by atoms with Gasteiger partial charge in [0.15, 0.2) is 57.5 Å². The van der Waals surface area contributed by atoms with Crippen LogP contribution < -0.4 is 28.4 Å². The summed E-state index contributed by atoms with van der Waals surface area (Å²) in [4.78, 5) is 80.3. The molecule has 30 heteroatoms. The van der Waals surface area contributed by atoms with E-state index in [0.29, 0.717) is 22.4 Å². The molecule has 4 unspecified atom stereocenters. The van der Waals surface area contributed by atoms with Gasteiger partial charge in [-0.2, -0.15) is 0 Å². The third-order valence-corrected chi connectivity index (χ3v) is 13.5. The smallest absolute Gasteiger partial charge is 0.344 e. The van der Waals surface area contributed by atoms with E-state index < -0.39 is 101 Å². The minimum absolute atomic E-state index is 0.0108. The zero-order valence-electron chi connectivity index (χ0n) is 43.3. The van der Waals surface area contributed by atoms with Crippen molar-refractivity contribution < 1.29 is 85.6 Å². The fraction of sp³-hybridized carbons (Fsp3) is 0.236. The second-order valence-corrected chi connectivity index (χ2v) is 21.5. The number of benzene rings is 6. The van der Waals surface area contributed by atoms with Gasteiger partial charge in [0.05, 0.1) is 36.7 Å². The normalized spacial score (nSPS) is 12.1. The van der Waals surface area contributed by atoms with Gasteiger partial charge in [-0.05, 0) is 116 Å². The monoisotopic (exact) mass is 1410 g/mol. The topological polar surface area (TPSA) is 213 Å². The van der Waals surface area contributed by atoms with Crippen LogP contribution in [-0.4, -0.2) is 114 Å². The number of hydrogen-bond acceptors (Lipinski definition) is 18. The van der Waals surface area contributed by atoms with Crippen molar-refractivity contribution in [2.45, 2.75) is 31.3 Å². The lowest BCUT2D eigenvalue weighted by Gasteiger charge is -2.35. The van der Waals surface area contributed by atoms with Crippen LogP contribution in [0.25, 0.3) is 0 Å². The molecule has 0 aliphatic carbocycles. The van der Waals surface area contributed by atoms with Gasteiger partial charge in [0, 0.05) is 30.1 Å². The fourth-order valence-electron chi connectivity index (χ4n) is 6.59. The maximum absolute atomic E-state index is 13.9. The maximum atomic E-state index is 13.9. The minimum Gasteiger partial charge on any atom is -0.492 e. The van der Waals surface area contributed by atoms with Crippen molar-refractivity contribution in [1.82, 2.24) is 0 Å². The van der Waals surface area contributed by atoms with Gasteiger partial charge in [0.2, 0.25) is 0 Å². The molecule has 0 saturated heterocycles. The van der Waals surface area contributed by atoms with Crippen molar-refractivity contribution in [1.29, 1.82) is 0 Å². The average molecular weight is 1420 g/mol. The minimum atomic E-state index is -2.23. The molecule has 85 heavy (non-hydrogen) atoms. The first-order valence-corrected chi connectivity index (χ1v) is 28.5. The Balaban J connectivity index is 0.00000107. The predicted molar refractivity (Wildman–Crippen MR) is 320 cm³/mol. The van der Waals surface area contributed by atoms with E-state index in [4.69, 9.17) is 196 Å². The van der Waals surface area contributed by atoms with Gasteiger partial charge in [-0.1, -0.05) is 139 Å². The van der Waals surface area contributed by atoms with E-state index in [1.807, 2.05) is 6.92 Å². The standard InChI is InChI=1S/C47H34Cl10O17.C8H8Cl2O/c48-24-1-6-34(29(53)11-24)64-18-41(59)69-16-39(71-23-58)46(73-44(62)21-67-37-9-4-27(51)14-32(37)56)47(74-45(63)22-68-38-10-5-28(52)15-33(38)57)40(72-43(61)20-66-36-8-3-26(50)13-31(36)55)17-70-42(60)19-65-35-7-2-25(49)12-30(35)54;1-2-11-8-4-3-6(9)5-7(8)10/h1-15,23,39-40,46-47H,16-22H2;3-5H,2H2,1H3. The van der Waals surface area contributed by atoms with Crippen molar-refractivity contribution in [3.63, 3.8) is 0 Å². The average Bonchev–Trinajstić information content (AvgIpc) is 3.65. The number of halogens is 12. The van der Waals surface area contributed by atoms with Crippen LogP contribution in [0.15, 0.2) is 109 Å². The van der Waals surface area contributed by atoms with Crippen molar-refractivity contribution in [3.05, 3.63) is 169 Å². The number of rotatable bonds is 29. The number of hydrogen-bond donors (Lipinski definition) is 0. The molecule has 4 atom stereocenters. The Morgan fingerprint density at radius 2 is 0.600 bits per heavy atom. The lowest BCUT2D eigenvalue weighted by atomic mass is 10.0. The maximum Gasteiger partial charge on any atom is 0.344 e. The molecular formula is C55H42Cl12O18. The molecule has 0 radical (unpaired) electrons. The SMILES string of the molecule is CCOc1ccc(Cl)cc1Cl.O=COC(COC(=O)COc1ccc(Cl)cc1Cl)C(OC(=O)COc1ccc(Cl)cc1Cl)C(OC(=O)COc1ccc(Cl)cc1Cl)C(COC(=O)COc1ccc(Cl)cc1Cl)OC(=O)COc1ccc(Cl)cc1Cl. The predicted octanol–water partition coefficient (Wildman–Crippen LogP) is 14.7. The lowest BCUT2D eigenvalue weighted by molar-refractivity contribution is -0.208. The molecular weight excluding hydrogens is 1370 g/mol. The van der Waals surface area contributed by atoms with Crippen LogP contribution in [0.1, 0.15) is 6.92 Å². The molecule has 0 fully saturated rings. The summed E-state index contributed by atoms with van der Waals surface area (Å²) in [6.45, 7) is -4.14. The van der Waals surface area contributed by atoms with Crippen LogP contribution in [0.5, 0.6) is 34.5 Å². The molecule has 0 amide bonds. The number of carbonyl (C=O) groups excluding carboxylic acids is 6. The van der Waals surface area contributed by atoms with Crippen LogP contribution in [0.3, 0.4) is 0 Å². The first-order valence-electron chi connectivity index (χ1n) is 24.0. The van der Waals surface area contributed by atoms with E-state index in [1.54, 1.807) is 18.2 Å². The summed E-state index contributed by atoms with van der Waals surface area (Å²) < 4.78 is 66.3. The molecule has 0 heterocycles. The Bertz CT molecular complexity index is 3280. The van der Waals surface area contributed by atoms with E-state index in [-0.39, 0.29) is 85.4 Å². The first-order chi connectivity index (χ1) is 40.5. The summed E-state index contributed by atoms with van der Waals surface area (Å²) in [5.41, 5.74) is 0. The van der Waals surface area contributed by atoms with Gasteiger partial charge in [0.25, 0.3) is 6.47 Å². The Hall–Kier alpha value is -5.58. The molecule has 0 aromatic heterocycles. The highest BCUT2D eigenvalue weighted by molar-refractivity contribution is 6.38. The summed E-state index contributed by atoms with van der Waals surface area (Å²) in [6.07, 6.45) is -8.50. The van der Waals surface area contributed by atoms with Gasteiger partial charge in [-0.25, -0.2) is 24.0 Å². The summed E-state index contributed by atoms with van der Waals surface area (Å²) in [7, 11) is 0. The molecule has 0 aliphatic rings. The van der Waals surface area contributed by atoms with E-state index in [2.05, 4.69) is 0 Å². The van der Waals surface area contributed by atoms with Crippen molar-refractivity contribution in [2.75, 3.05) is 52.9 Å². The largest absolute Gasteiger partial charge is 0.492 e. The Kier molecular flexibility index (Phi) is 29.6. The molecule has 6 aromatic rings. The third kappa shape index (κ3) is 24.3. The quantitative estimate of drug-likeness (QED) is 0.0242. The zero-order valence-corrected chi connectivity index (χ0v) is 52.4. The Labute approximate surface area is 545 Å². The lowest BCUT2D eigenvalue weighted by Crippen LogP contribution is -2.55. The summed E-state index contributed by atoms with van der Waals surface area (Å²) in [5.74, 6) is -5.53. The van der Waals surface area contributed by atoms with Crippen LogP contribution >= 0.6 is 139 Å². The molecule has 0 aliphatic heterocycles. The molecule has 6 rings (SSSR count). The highest BCUT2D eigenvalue weighted by Gasteiger charge is 2.45. The van der Waals surface area contributed by atoms with Crippen LogP contribution in [0.4, 0.5) is 0 Å². The molecule has 0 N–H and O–H groups in total. The molecule has 6 aromatic carbocycles. The second kappa shape index (κ2) is 35.9. The Morgan fingerprint density at radius 3 is 0.871 bits per heavy atom. The van der Waals surface area contributed by atoms with Crippen LogP contribution in [0.2, 0.25) is 60.3 Å². The van der Waals surface area contributed by atoms with E-state index in [1.165, 1.54) is 91.0 Å². The molecule has 0 bridgehead atoms. The number of ether oxygens (including phenoxy) is 12. The van der Waals surface area contributed by atoms with E-state index in [0.717, 1.165) is 0 Å². The van der Waals surface area contributed by atoms with Gasteiger partial charge in [-0.3, -0.25) is 4.79 Å². The fourth-order valence-corrected chi connectivity index (χ4v) is 9.37. The van der Waals surface area contributed by atoms with Crippen LogP contribution in [0, 0.1) is 0 Å². The highest BCUT2D eigenvalue weighted by atomic mass is 35.5. The van der Waals surface area contributed by atoms with Gasteiger partial charge < -0.3 is 56.8 Å². The molecule has 0 spiro atoms. The zero-order chi connectivity index (χ0) is 62.2. The van der Waals surface area contributed by atoms with E-state index >= 15 is 0 Å². The molecule has 0 saturated carbocycles. The number of carbonyl (C=O) groups is 6. The van der Waals surface area contributed by atoms with Crippen molar-refractivity contribution in [3.8, 4) is 34.5 Å². The van der Waals surface area contributed by atoms with Crippen LogP contribution in [-0.2, 0) is 57.2 Å². The van der Waals surface area contributed by atoms with E-state index in [9.17, 15) is 28.8 Å². The first kappa shape index (κ1) is 70.2. The third-order valence-electron chi connectivity index (χ3n) is 10.3. The molecule has 18 nitrogen and oxygen atoms in total. The second-order valence-electron chi connectivity index (χ2n) is 16.4. The summed E-state index contributed by atoms with van der Waals surface area (Å²) >= 11 is 72.6. The summed E-state index contributed by atoms with van der Waals surface area (Å²) in [6, 6.07) is 25.6. The van der Waals surface area contributed by atoms with Gasteiger partial charge in [0.1, 0.15) is 47.7 Å². The summed E-state index contributed by atoms with van der Waals surface area (Å²) in [5, 5.41) is 2.40. The highest BCUT2D eigenvalue weighted by Crippen LogP contribution is 2.33. The van der Waals surface area contributed by atoms with Crippen molar-refractivity contribution >= 4 is 176 Å². The Morgan fingerprint density at radius 1 is 0.353 bits per heavy atom. The number of esters is 5. The van der Waals surface area contributed by atoms with Gasteiger partial charge in [-0.15, -0.1) is 0 Å². The van der Waals surface area contributed by atoms with Gasteiger partial charge >= 0.3 is 29.8 Å². The molecule has 454 valence electrons. The van der Waals surface area contributed by atoms with Crippen molar-refractivity contribution in [2.24, 2.45) is 0 Å².